The van der Waals surface area contributed by atoms with E-state index in [-0.39, 0.29) is 0 Å². The third-order valence-electron chi connectivity index (χ3n) is 3.94. The number of nitrogens with zero attached hydrogens (tertiary/aromatic N) is 3. The molecule has 0 aliphatic heterocycles. The number of carbonyl (C=O) groups excluding carboxylic acids is 2. The van der Waals surface area contributed by atoms with Crippen LogP contribution in [0.4, 0.5) is 4.39 Å². The summed E-state index contributed by atoms with van der Waals surface area (Å²) in [4.78, 5) is 24.2. The third-order valence-corrected chi connectivity index (χ3v) is 5.07. The number of hydrogen-bond acceptors (Lipinski definition) is 5. The van der Waals surface area contributed by atoms with Gasteiger partial charge in [-0.3, -0.25) is 20.4 Å². The predicted molar refractivity (Wildman–Crippen MR) is 104 cm³/mol. The second kappa shape index (κ2) is 8.66. The molecule has 0 spiro atoms. The molecule has 2 aromatic carbocycles. The summed E-state index contributed by atoms with van der Waals surface area (Å²) < 4.78 is 15.6. The van der Waals surface area contributed by atoms with Gasteiger partial charge in [0.2, 0.25) is 0 Å². The van der Waals surface area contributed by atoms with Crippen molar-refractivity contribution in [2.45, 2.75) is 17.3 Å². The Morgan fingerprint density at radius 1 is 1.04 bits per heavy atom. The van der Waals surface area contributed by atoms with Gasteiger partial charge in [0.1, 0.15) is 5.82 Å². The highest BCUT2D eigenvalue weighted by atomic mass is 32.2. The van der Waals surface area contributed by atoms with Crippen LogP contribution in [0.5, 0.6) is 0 Å². The van der Waals surface area contributed by atoms with E-state index >= 15 is 0 Å². The van der Waals surface area contributed by atoms with Crippen LogP contribution in [0, 0.1) is 5.82 Å². The molecule has 0 aliphatic rings. The molecule has 0 radical (unpaired) electrons. The van der Waals surface area contributed by atoms with E-state index in [0.717, 1.165) is 11.8 Å². The van der Waals surface area contributed by atoms with Crippen LogP contribution in [0.1, 0.15) is 17.3 Å². The lowest BCUT2D eigenvalue weighted by Gasteiger charge is -2.12. The van der Waals surface area contributed by atoms with Crippen molar-refractivity contribution in [2.24, 2.45) is 7.05 Å². The van der Waals surface area contributed by atoms with Crippen molar-refractivity contribution in [3.63, 3.8) is 0 Å². The molecule has 3 aromatic rings. The van der Waals surface area contributed by atoms with Crippen molar-refractivity contribution in [2.75, 3.05) is 0 Å². The van der Waals surface area contributed by atoms with Crippen molar-refractivity contribution in [3.05, 3.63) is 66.0 Å². The van der Waals surface area contributed by atoms with Gasteiger partial charge in [-0.25, -0.2) is 4.39 Å². The Morgan fingerprint density at radius 3 is 2.43 bits per heavy atom. The molecule has 1 atom stereocenters. The summed E-state index contributed by atoms with van der Waals surface area (Å²) in [6.45, 7) is 1.67. The fourth-order valence-corrected chi connectivity index (χ4v) is 3.20. The van der Waals surface area contributed by atoms with Crippen molar-refractivity contribution < 1.29 is 14.0 Å². The first-order valence-corrected chi connectivity index (χ1v) is 9.31. The fourth-order valence-electron chi connectivity index (χ4n) is 2.39. The van der Waals surface area contributed by atoms with Crippen LogP contribution in [-0.4, -0.2) is 31.8 Å². The molecule has 144 valence electrons. The van der Waals surface area contributed by atoms with Crippen LogP contribution in [-0.2, 0) is 11.8 Å². The molecule has 2 N–H and O–H groups in total. The van der Waals surface area contributed by atoms with Gasteiger partial charge in [0.15, 0.2) is 11.0 Å². The predicted octanol–water partition coefficient (Wildman–Crippen LogP) is 2.56. The number of hydrazine groups is 1. The highest BCUT2D eigenvalue weighted by Gasteiger charge is 2.20. The SMILES string of the molecule is C[C@H](Sc1nnc(-c2ccccc2F)n1C)C(=O)NNC(=O)c1ccccc1. The Hall–Kier alpha value is -3.20. The summed E-state index contributed by atoms with van der Waals surface area (Å²) >= 11 is 1.15. The zero-order chi connectivity index (χ0) is 20.1. The molecule has 0 aliphatic carbocycles. The number of halogens is 1. The van der Waals surface area contributed by atoms with E-state index in [1.54, 1.807) is 67.1 Å². The Balaban J connectivity index is 1.62. The number of hydrogen-bond donors (Lipinski definition) is 2. The molecule has 7 nitrogen and oxygen atoms in total. The zero-order valence-corrected chi connectivity index (χ0v) is 16.0. The van der Waals surface area contributed by atoms with Gasteiger partial charge >= 0.3 is 0 Å². The second-order valence-electron chi connectivity index (χ2n) is 5.91. The number of thioether (sulfide) groups is 1. The smallest absolute Gasteiger partial charge is 0.269 e. The lowest BCUT2D eigenvalue weighted by molar-refractivity contribution is -0.121. The van der Waals surface area contributed by atoms with E-state index in [2.05, 4.69) is 21.0 Å². The van der Waals surface area contributed by atoms with Crippen LogP contribution in [0.15, 0.2) is 59.8 Å². The first-order chi connectivity index (χ1) is 13.5. The van der Waals surface area contributed by atoms with Gasteiger partial charge in [0.25, 0.3) is 11.8 Å². The normalized spacial score (nSPS) is 11.7. The highest BCUT2D eigenvalue weighted by Crippen LogP contribution is 2.26. The molecule has 9 heteroatoms. The molecule has 0 bridgehead atoms. The zero-order valence-electron chi connectivity index (χ0n) is 15.2. The monoisotopic (exact) mass is 399 g/mol. The summed E-state index contributed by atoms with van der Waals surface area (Å²) in [5.74, 6) is -0.842. The largest absolute Gasteiger partial charge is 0.305 e. The number of rotatable bonds is 5. The molecular formula is C19H18FN5O2S. The van der Waals surface area contributed by atoms with Crippen LogP contribution in [0.3, 0.4) is 0 Å². The number of benzene rings is 2. The van der Waals surface area contributed by atoms with E-state index < -0.39 is 22.9 Å². The minimum Gasteiger partial charge on any atom is -0.305 e. The highest BCUT2D eigenvalue weighted by molar-refractivity contribution is 8.00. The summed E-state index contributed by atoms with van der Waals surface area (Å²) in [5, 5.41) is 7.96. The molecule has 0 fully saturated rings. The van der Waals surface area contributed by atoms with Gasteiger partial charge in [-0.1, -0.05) is 42.1 Å². The first-order valence-electron chi connectivity index (χ1n) is 8.43. The van der Waals surface area contributed by atoms with Gasteiger partial charge in [-0.15, -0.1) is 10.2 Å². The lowest BCUT2D eigenvalue weighted by Crippen LogP contribution is -2.44. The molecule has 0 saturated heterocycles. The number of amides is 2. The number of carbonyl (C=O) groups is 2. The third kappa shape index (κ3) is 4.37. The fraction of sp³-hybridized carbons (Fsp3) is 0.158. The average Bonchev–Trinajstić information content (AvgIpc) is 3.07. The molecule has 3 rings (SSSR count). The summed E-state index contributed by atoms with van der Waals surface area (Å²) in [7, 11) is 1.70. The van der Waals surface area contributed by atoms with Crippen molar-refractivity contribution in [3.8, 4) is 11.4 Å². The van der Waals surface area contributed by atoms with E-state index in [9.17, 15) is 14.0 Å². The standard InChI is InChI=1S/C19H18FN5O2S/c1-12(17(26)22-23-18(27)13-8-4-3-5-9-13)28-19-24-21-16(25(19)2)14-10-6-7-11-15(14)20/h3-12H,1-2H3,(H,22,26)(H,23,27)/t12-/m0/s1. The van der Waals surface area contributed by atoms with Crippen LogP contribution < -0.4 is 10.9 Å². The molecule has 1 aromatic heterocycles. The van der Waals surface area contributed by atoms with Gasteiger partial charge in [-0.2, -0.15) is 0 Å². The number of aromatic nitrogens is 3. The first kappa shape index (κ1) is 19.6. The van der Waals surface area contributed by atoms with Gasteiger partial charge in [0, 0.05) is 12.6 Å². The topological polar surface area (TPSA) is 88.9 Å². The van der Waals surface area contributed by atoms with Crippen molar-refractivity contribution in [1.29, 1.82) is 0 Å². The molecule has 2 amide bonds. The summed E-state index contributed by atoms with van der Waals surface area (Å²) in [6.07, 6.45) is 0. The maximum Gasteiger partial charge on any atom is 0.269 e. The average molecular weight is 399 g/mol. The Bertz CT molecular complexity index is 993. The Morgan fingerprint density at radius 2 is 1.71 bits per heavy atom. The number of nitrogens with one attached hydrogen (secondary N) is 2. The Kier molecular flexibility index (Phi) is 6.05. The van der Waals surface area contributed by atoms with Crippen LogP contribution in [0.2, 0.25) is 0 Å². The Labute approximate surface area is 165 Å². The molecule has 0 unspecified atom stereocenters. The van der Waals surface area contributed by atoms with Gasteiger partial charge in [-0.05, 0) is 31.2 Å². The lowest BCUT2D eigenvalue weighted by atomic mass is 10.2. The minimum atomic E-state index is -0.563. The van der Waals surface area contributed by atoms with Crippen molar-refractivity contribution >= 4 is 23.6 Å². The minimum absolute atomic E-state index is 0.330. The van der Waals surface area contributed by atoms with Crippen LogP contribution in [0.25, 0.3) is 11.4 Å². The summed E-state index contributed by atoms with van der Waals surface area (Å²) in [6, 6.07) is 14.8. The van der Waals surface area contributed by atoms with Crippen LogP contribution >= 0.6 is 11.8 Å². The maximum absolute atomic E-state index is 14.0. The molecule has 28 heavy (non-hydrogen) atoms. The summed E-state index contributed by atoms with van der Waals surface area (Å²) in [5.41, 5.74) is 5.53. The van der Waals surface area contributed by atoms with E-state index in [4.69, 9.17) is 0 Å². The molecule has 0 saturated carbocycles. The van der Waals surface area contributed by atoms with E-state index in [1.807, 2.05) is 0 Å². The quantitative estimate of drug-likeness (QED) is 0.509. The van der Waals surface area contributed by atoms with E-state index in [1.165, 1.54) is 6.07 Å². The molecular weight excluding hydrogens is 381 g/mol. The maximum atomic E-state index is 14.0. The van der Waals surface area contributed by atoms with Gasteiger partial charge < -0.3 is 4.57 Å². The van der Waals surface area contributed by atoms with Crippen molar-refractivity contribution in [1.82, 2.24) is 25.6 Å². The van der Waals surface area contributed by atoms with E-state index in [0.29, 0.717) is 22.1 Å². The van der Waals surface area contributed by atoms with Gasteiger partial charge in [0.05, 0.1) is 10.8 Å². The second-order valence-corrected chi connectivity index (χ2v) is 7.22. The molecule has 1 heterocycles.